The van der Waals surface area contributed by atoms with Gasteiger partial charge in [0.1, 0.15) is 0 Å². The van der Waals surface area contributed by atoms with Crippen LogP contribution in [0.1, 0.15) is 25.7 Å². The largest absolute Gasteiger partial charge is 0.341 e. The molecular weight excluding hydrogens is 208 g/mol. The van der Waals surface area contributed by atoms with Gasteiger partial charge in [0, 0.05) is 14.1 Å². The van der Waals surface area contributed by atoms with E-state index in [9.17, 15) is 9.59 Å². The zero-order valence-corrected chi connectivity index (χ0v) is 9.80. The normalized spacial score (nSPS) is 24.4. The van der Waals surface area contributed by atoms with Crippen LogP contribution < -0.4 is 21.3 Å². The van der Waals surface area contributed by atoms with Crippen LogP contribution in [0.5, 0.6) is 0 Å². The SMILES string of the molecule is CNC(=O)N[C@H]1CCCC[C@@H]1NC(=O)NC. The molecule has 1 rings (SSSR count). The Labute approximate surface area is 95.5 Å². The van der Waals surface area contributed by atoms with Gasteiger partial charge in [-0.2, -0.15) is 0 Å². The smallest absolute Gasteiger partial charge is 0.314 e. The molecule has 0 aromatic carbocycles. The Morgan fingerprint density at radius 3 is 1.56 bits per heavy atom. The van der Waals surface area contributed by atoms with Crippen molar-refractivity contribution in [2.24, 2.45) is 0 Å². The van der Waals surface area contributed by atoms with Gasteiger partial charge in [-0.15, -0.1) is 0 Å². The summed E-state index contributed by atoms with van der Waals surface area (Å²) in [7, 11) is 3.17. The average molecular weight is 228 g/mol. The number of hydrogen-bond acceptors (Lipinski definition) is 2. The number of hydrogen-bond donors (Lipinski definition) is 4. The van der Waals surface area contributed by atoms with Crippen LogP contribution in [-0.2, 0) is 0 Å². The second-order valence-electron chi connectivity index (χ2n) is 3.94. The van der Waals surface area contributed by atoms with Crippen molar-refractivity contribution in [3.8, 4) is 0 Å². The molecule has 16 heavy (non-hydrogen) atoms. The molecule has 0 spiro atoms. The fourth-order valence-corrected chi connectivity index (χ4v) is 1.96. The molecule has 4 N–H and O–H groups in total. The fourth-order valence-electron chi connectivity index (χ4n) is 1.96. The topological polar surface area (TPSA) is 82.3 Å². The van der Waals surface area contributed by atoms with E-state index in [2.05, 4.69) is 21.3 Å². The molecule has 6 heteroatoms. The maximum absolute atomic E-state index is 11.2. The van der Waals surface area contributed by atoms with Crippen LogP contribution >= 0.6 is 0 Å². The fraction of sp³-hybridized carbons (Fsp3) is 0.800. The molecule has 0 saturated heterocycles. The Balaban J connectivity index is 2.49. The molecule has 0 heterocycles. The summed E-state index contributed by atoms with van der Waals surface area (Å²) >= 11 is 0. The average Bonchev–Trinajstić information content (AvgIpc) is 2.31. The molecule has 4 amide bonds. The van der Waals surface area contributed by atoms with E-state index in [0.717, 1.165) is 25.7 Å². The Hall–Kier alpha value is -1.46. The van der Waals surface area contributed by atoms with Gasteiger partial charge in [0.05, 0.1) is 12.1 Å². The van der Waals surface area contributed by atoms with Gasteiger partial charge in [0.25, 0.3) is 0 Å². The van der Waals surface area contributed by atoms with Crippen molar-refractivity contribution in [1.82, 2.24) is 21.3 Å². The first kappa shape index (κ1) is 12.6. The highest BCUT2D eigenvalue weighted by atomic mass is 16.2. The summed E-state index contributed by atoms with van der Waals surface area (Å²) in [4.78, 5) is 22.5. The van der Waals surface area contributed by atoms with Gasteiger partial charge in [-0.25, -0.2) is 9.59 Å². The molecule has 0 unspecified atom stereocenters. The zero-order valence-electron chi connectivity index (χ0n) is 9.80. The van der Waals surface area contributed by atoms with Crippen LogP contribution in [-0.4, -0.2) is 38.2 Å². The number of nitrogens with one attached hydrogen (secondary N) is 4. The zero-order chi connectivity index (χ0) is 12.0. The first-order valence-corrected chi connectivity index (χ1v) is 5.64. The third-order valence-corrected chi connectivity index (χ3v) is 2.85. The van der Waals surface area contributed by atoms with E-state index in [1.807, 2.05) is 0 Å². The summed E-state index contributed by atoms with van der Waals surface area (Å²) in [5, 5.41) is 10.8. The van der Waals surface area contributed by atoms with Crippen LogP contribution in [0.4, 0.5) is 9.59 Å². The molecule has 2 atom stereocenters. The molecule has 1 aliphatic carbocycles. The van der Waals surface area contributed by atoms with Crippen molar-refractivity contribution in [2.45, 2.75) is 37.8 Å². The van der Waals surface area contributed by atoms with E-state index in [1.165, 1.54) is 0 Å². The van der Waals surface area contributed by atoms with Crippen molar-refractivity contribution in [3.05, 3.63) is 0 Å². The minimum absolute atomic E-state index is 0.0194. The molecule has 6 nitrogen and oxygen atoms in total. The van der Waals surface area contributed by atoms with Crippen molar-refractivity contribution < 1.29 is 9.59 Å². The van der Waals surface area contributed by atoms with Crippen LogP contribution in [0.3, 0.4) is 0 Å². The minimum atomic E-state index is -0.199. The first-order valence-electron chi connectivity index (χ1n) is 5.64. The second-order valence-corrected chi connectivity index (χ2v) is 3.94. The number of urea groups is 2. The lowest BCUT2D eigenvalue weighted by Gasteiger charge is -2.32. The van der Waals surface area contributed by atoms with E-state index in [1.54, 1.807) is 14.1 Å². The summed E-state index contributed by atoms with van der Waals surface area (Å²) in [6.45, 7) is 0. The van der Waals surface area contributed by atoms with Crippen molar-refractivity contribution >= 4 is 12.1 Å². The third-order valence-electron chi connectivity index (χ3n) is 2.85. The first-order chi connectivity index (χ1) is 7.67. The Morgan fingerprint density at radius 1 is 0.875 bits per heavy atom. The molecule has 92 valence electrons. The van der Waals surface area contributed by atoms with Gasteiger partial charge in [0.2, 0.25) is 0 Å². The molecule has 0 aliphatic heterocycles. The van der Waals surface area contributed by atoms with Gasteiger partial charge in [-0.3, -0.25) is 0 Å². The molecule has 0 aromatic rings. The van der Waals surface area contributed by atoms with Crippen LogP contribution in [0.15, 0.2) is 0 Å². The molecular formula is C10H20N4O2. The Morgan fingerprint density at radius 2 is 1.25 bits per heavy atom. The highest BCUT2D eigenvalue weighted by Gasteiger charge is 2.27. The van der Waals surface area contributed by atoms with Crippen molar-refractivity contribution in [1.29, 1.82) is 0 Å². The lowest BCUT2D eigenvalue weighted by atomic mass is 9.90. The Kier molecular flexibility index (Phi) is 4.88. The standard InChI is InChI=1S/C10H20N4O2/c1-11-9(15)13-7-5-3-4-6-8(7)14-10(16)12-2/h7-8H,3-6H2,1-2H3,(H2,11,13,15)(H2,12,14,16)/t7-,8-/m0/s1. The van der Waals surface area contributed by atoms with Gasteiger partial charge in [0.15, 0.2) is 0 Å². The minimum Gasteiger partial charge on any atom is -0.341 e. The van der Waals surface area contributed by atoms with E-state index >= 15 is 0 Å². The van der Waals surface area contributed by atoms with E-state index in [4.69, 9.17) is 0 Å². The summed E-state index contributed by atoms with van der Waals surface area (Å²) < 4.78 is 0. The van der Waals surface area contributed by atoms with E-state index in [-0.39, 0.29) is 24.1 Å². The monoisotopic (exact) mass is 228 g/mol. The number of carbonyl (C=O) groups is 2. The van der Waals surface area contributed by atoms with Crippen LogP contribution in [0.2, 0.25) is 0 Å². The molecule has 1 aliphatic rings. The highest BCUT2D eigenvalue weighted by molar-refractivity contribution is 5.75. The van der Waals surface area contributed by atoms with Crippen molar-refractivity contribution in [3.63, 3.8) is 0 Å². The summed E-state index contributed by atoms with van der Waals surface area (Å²) in [6.07, 6.45) is 3.98. The summed E-state index contributed by atoms with van der Waals surface area (Å²) in [6, 6.07) is -0.358. The molecule has 1 fully saturated rings. The maximum atomic E-state index is 11.2. The predicted molar refractivity (Wildman–Crippen MR) is 61.2 cm³/mol. The third kappa shape index (κ3) is 3.60. The molecule has 0 bridgehead atoms. The lowest BCUT2D eigenvalue weighted by Crippen LogP contribution is -2.56. The van der Waals surface area contributed by atoms with E-state index < -0.39 is 0 Å². The number of rotatable bonds is 2. The summed E-state index contributed by atoms with van der Waals surface area (Å²) in [5.74, 6) is 0. The van der Waals surface area contributed by atoms with Crippen LogP contribution in [0, 0.1) is 0 Å². The second kappa shape index (κ2) is 6.19. The molecule has 0 radical (unpaired) electrons. The quantitative estimate of drug-likeness (QED) is 0.543. The van der Waals surface area contributed by atoms with Crippen molar-refractivity contribution in [2.75, 3.05) is 14.1 Å². The lowest BCUT2D eigenvalue weighted by molar-refractivity contribution is 0.215. The maximum Gasteiger partial charge on any atom is 0.314 e. The van der Waals surface area contributed by atoms with Gasteiger partial charge in [-0.05, 0) is 12.8 Å². The van der Waals surface area contributed by atoms with Gasteiger partial charge < -0.3 is 21.3 Å². The van der Waals surface area contributed by atoms with Gasteiger partial charge in [-0.1, -0.05) is 12.8 Å². The molecule has 1 saturated carbocycles. The van der Waals surface area contributed by atoms with Gasteiger partial charge >= 0.3 is 12.1 Å². The number of amides is 4. The number of carbonyl (C=O) groups excluding carboxylic acids is 2. The highest BCUT2D eigenvalue weighted by Crippen LogP contribution is 2.18. The van der Waals surface area contributed by atoms with E-state index in [0.29, 0.717) is 0 Å². The molecule has 0 aromatic heterocycles. The van der Waals surface area contributed by atoms with Crippen LogP contribution in [0.25, 0.3) is 0 Å². The predicted octanol–water partition coefficient (Wildman–Crippen LogP) is 0.156. The summed E-state index contributed by atoms with van der Waals surface area (Å²) in [5.41, 5.74) is 0. The Bertz CT molecular complexity index is 231.